The molecule has 0 N–H and O–H groups in total. The van der Waals surface area contributed by atoms with Crippen LogP contribution in [0.3, 0.4) is 0 Å². The molecule has 0 aliphatic heterocycles. The first-order valence-corrected chi connectivity index (χ1v) is 6.74. The predicted octanol–water partition coefficient (Wildman–Crippen LogP) is 2.97. The maximum absolute atomic E-state index is 12.2. The van der Waals surface area contributed by atoms with Crippen molar-refractivity contribution in [1.29, 1.82) is 0 Å². The number of rotatable bonds is 2. The van der Waals surface area contributed by atoms with E-state index >= 15 is 0 Å². The molecule has 2 aromatic carbocycles. The highest BCUT2D eigenvalue weighted by Gasteiger charge is 2.17. The molecular weight excluding hydrogens is 290 g/mol. The summed E-state index contributed by atoms with van der Waals surface area (Å²) < 4.78 is 0. The molecule has 3 aromatic rings. The van der Waals surface area contributed by atoms with Gasteiger partial charge >= 0.3 is 5.97 Å². The van der Waals surface area contributed by atoms with Gasteiger partial charge in [-0.1, -0.05) is 34.6 Å². The standard InChI is InChI=1S/C15H12ClN3O2/c1-9-7-8-11(14(16)10(9)2)15(20)21-19-13-6-4-3-5-12(13)17-18-19/h3-8H,1-2H3. The number of halogens is 1. The molecule has 0 spiro atoms. The second-order valence-corrected chi connectivity index (χ2v) is 5.08. The van der Waals surface area contributed by atoms with Gasteiger partial charge in [-0.2, -0.15) is 0 Å². The van der Waals surface area contributed by atoms with Crippen molar-refractivity contribution in [3.63, 3.8) is 0 Å². The topological polar surface area (TPSA) is 57.0 Å². The lowest BCUT2D eigenvalue weighted by Crippen LogP contribution is -2.21. The lowest BCUT2D eigenvalue weighted by molar-refractivity contribution is 0.0409. The minimum Gasteiger partial charge on any atom is -0.312 e. The van der Waals surface area contributed by atoms with E-state index in [0.717, 1.165) is 16.0 Å². The summed E-state index contributed by atoms with van der Waals surface area (Å²) in [5.74, 6) is -0.571. The number of nitrogens with zero attached hydrogens (tertiary/aromatic N) is 3. The van der Waals surface area contributed by atoms with Crippen molar-refractivity contribution >= 4 is 28.6 Å². The third kappa shape index (κ3) is 2.36. The van der Waals surface area contributed by atoms with Crippen LogP contribution in [0, 0.1) is 13.8 Å². The average molecular weight is 302 g/mol. The number of fused-ring (bicyclic) bond motifs is 1. The SMILES string of the molecule is Cc1ccc(C(=O)On2nnc3ccccc32)c(Cl)c1C. The molecule has 0 aliphatic carbocycles. The second kappa shape index (κ2) is 5.18. The molecule has 0 aliphatic rings. The average Bonchev–Trinajstić information content (AvgIpc) is 2.88. The first-order chi connectivity index (χ1) is 10.1. The Morgan fingerprint density at radius 1 is 1.19 bits per heavy atom. The maximum atomic E-state index is 12.2. The van der Waals surface area contributed by atoms with Crippen molar-refractivity contribution < 1.29 is 9.63 Å². The number of hydrogen-bond donors (Lipinski definition) is 0. The molecule has 0 saturated heterocycles. The van der Waals surface area contributed by atoms with E-state index in [2.05, 4.69) is 10.3 Å². The van der Waals surface area contributed by atoms with Gasteiger partial charge in [0, 0.05) is 0 Å². The summed E-state index contributed by atoms with van der Waals surface area (Å²) in [7, 11) is 0. The third-order valence-electron chi connectivity index (χ3n) is 3.37. The predicted molar refractivity (Wildman–Crippen MR) is 79.4 cm³/mol. The Bertz CT molecular complexity index is 842. The molecule has 1 aromatic heterocycles. The minimum absolute atomic E-state index is 0.305. The molecule has 21 heavy (non-hydrogen) atoms. The van der Waals surface area contributed by atoms with Gasteiger partial charge < -0.3 is 4.84 Å². The fourth-order valence-electron chi connectivity index (χ4n) is 1.98. The van der Waals surface area contributed by atoms with Crippen LogP contribution in [0.4, 0.5) is 0 Å². The summed E-state index contributed by atoms with van der Waals surface area (Å²) in [6.07, 6.45) is 0. The molecule has 0 fully saturated rings. The fourth-order valence-corrected chi connectivity index (χ4v) is 2.27. The van der Waals surface area contributed by atoms with Gasteiger partial charge in [0.2, 0.25) is 0 Å². The highest BCUT2D eigenvalue weighted by molar-refractivity contribution is 6.34. The first kappa shape index (κ1) is 13.6. The van der Waals surface area contributed by atoms with E-state index in [4.69, 9.17) is 16.4 Å². The molecule has 0 amide bonds. The summed E-state index contributed by atoms with van der Waals surface area (Å²) in [5.41, 5.74) is 3.44. The molecule has 1 heterocycles. The largest absolute Gasteiger partial charge is 0.367 e. The van der Waals surface area contributed by atoms with E-state index in [1.54, 1.807) is 18.2 Å². The van der Waals surface area contributed by atoms with E-state index < -0.39 is 5.97 Å². The lowest BCUT2D eigenvalue weighted by atomic mass is 10.1. The number of aromatic nitrogens is 3. The summed E-state index contributed by atoms with van der Waals surface area (Å²) in [6.45, 7) is 3.79. The van der Waals surface area contributed by atoms with E-state index in [1.165, 1.54) is 0 Å². The summed E-state index contributed by atoms with van der Waals surface area (Å²) in [6, 6.07) is 10.7. The number of para-hydroxylation sites is 1. The highest BCUT2D eigenvalue weighted by Crippen LogP contribution is 2.24. The van der Waals surface area contributed by atoms with Gasteiger partial charge in [-0.3, -0.25) is 0 Å². The maximum Gasteiger partial charge on any atom is 0.367 e. The summed E-state index contributed by atoms with van der Waals surface area (Å²) >= 11 is 6.21. The number of benzene rings is 2. The lowest BCUT2D eigenvalue weighted by Gasteiger charge is -2.08. The molecule has 106 valence electrons. The number of carbonyl (C=O) groups excluding carboxylic acids is 1. The van der Waals surface area contributed by atoms with Gasteiger partial charge in [0.25, 0.3) is 0 Å². The normalized spacial score (nSPS) is 10.8. The Labute approximate surface area is 126 Å². The molecule has 0 bridgehead atoms. The van der Waals surface area contributed by atoms with E-state index in [9.17, 15) is 4.79 Å². The van der Waals surface area contributed by atoms with Gasteiger partial charge in [-0.15, -0.1) is 5.10 Å². The zero-order valence-electron chi connectivity index (χ0n) is 11.5. The van der Waals surface area contributed by atoms with Crippen molar-refractivity contribution in [1.82, 2.24) is 15.2 Å². The fraction of sp³-hybridized carbons (Fsp3) is 0.133. The van der Waals surface area contributed by atoms with Crippen molar-refractivity contribution in [2.75, 3.05) is 0 Å². The monoisotopic (exact) mass is 301 g/mol. The number of hydrogen-bond acceptors (Lipinski definition) is 4. The highest BCUT2D eigenvalue weighted by atomic mass is 35.5. The van der Waals surface area contributed by atoms with Crippen LogP contribution in [-0.2, 0) is 0 Å². The van der Waals surface area contributed by atoms with Crippen LogP contribution in [0.15, 0.2) is 36.4 Å². The zero-order valence-corrected chi connectivity index (χ0v) is 12.3. The van der Waals surface area contributed by atoms with Crippen molar-refractivity contribution in [3.8, 4) is 0 Å². The van der Waals surface area contributed by atoms with Crippen molar-refractivity contribution in [2.24, 2.45) is 0 Å². The van der Waals surface area contributed by atoms with Gasteiger partial charge in [0.15, 0.2) is 0 Å². The van der Waals surface area contributed by atoms with Crippen LogP contribution in [0.5, 0.6) is 0 Å². The van der Waals surface area contributed by atoms with Gasteiger partial charge in [0.1, 0.15) is 11.0 Å². The molecule has 0 unspecified atom stereocenters. The van der Waals surface area contributed by atoms with Crippen LogP contribution in [-0.4, -0.2) is 21.1 Å². The van der Waals surface area contributed by atoms with E-state index in [-0.39, 0.29) is 0 Å². The van der Waals surface area contributed by atoms with Gasteiger partial charge in [0.05, 0.1) is 10.6 Å². The molecule has 0 saturated carbocycles. The van der Waals surface area contributed by atoms with Crippen molar-refractivity contribution in [3.05, 3.63) is 58.1 Å². The van der Waals surface area contributed by atoms with Gasteiger partial charge in [-0.25, -0.2) is 4.79 Å². The zero-order chi connectivity index (χ0) is 15.0. The molecule has 0 atom stereocenters. The Morgan fingerprint density at radius 2 is 1.95 bits per heavy atom. The Morgan fingerprint density at radius 3 is 2.76 bits per heavy atom. The smallest absolute Gasteiger partial charge is 0.312 e. The molecule has 6 heteroatoms. The number of aryl methyl sites for hydroxylation is 1. The molecular formula is C15H12ClN3O2. The minimum atomic E-state index is -0.571. The summed E-state index contributed by atoms with van der Waals surface area (Å²) in [5, 5.41) is 8.13. The van der Waals surface area contributed by atoms with Crippen LogP contribution < -0.4 is 4.84 Å². The van der Waals surface area contributed by atoms with Crippen molar-refractivity contribution in [2.45, 2.75) is 13.8 Å². The van der Waals surface area contributed by atoms with Gasteiger partial charge in [-0.05, 0) is 48.4 Å². The summed E-state index contributed by atoms with van der Waals surface area (Å²) in [4.78, 5) is 18.6. The molecule has 0 radical (unpaired) electrons. The first-order valence-electron chi connectivity index (χ1n) is 6.37. The van der Waals surface area contributed by atoms with E-state index in [0.29, 0.717) is 21.6 Å². The van der Waals surface area contributed by atoms with Crippen LogP contribution in [0.1, 0.15) is 21.5 Å². The third-order valence-corrected chi connectivity index (χ3v) is 3.86. The van der Waals surface area contributed by atoms with Crippen LogP contribution in [0.25, 0.3) is 11.0 Å². The van der Waals surface area contributed by atoms with Crippen LogP contribution in [0.2, 0.25) is 5.02 Å². The quantitative estimate of drug-likeness (QED) is 0.683. The Kier molecular flexibility index (Phi) is 3.35. The Balaban J connectivity index is 1.95. The second-order valence-electron chi connectivity index (χ2n) is 4.70. The number of carbonyl (C=O) groups is 1. The van der Waals surface area contributed by atoms with Crippen LogP contribution >= 0.6 is 11.6 Å². The Hall–Kier alpha value is -2.40. The molecule has 3 rings (SSSR count). The van der Waals surface area contributed by atoms with E-state index in [1.807, 2.05) is 32.0 Å². The molecule has 5 nitrogen and oxygen atoms in total.